The Morgan fingerprint density at radius 3 is 2.19 bits per heavy atom. The van der Waals surface area contributed by atoms with Gasteiger partial charge in [0.15, 0.2) is 0 Å². The van der Waals surface area contributed by atoms with Crippen LogP contribution in [0.25, 0.3) is 0 Å². The number of hydrogen-bond acceptors (Lipinski definition) is 0. The molecule has 0 aromatic heterocycles. The van der Waals surface area contributed by atoms with Gasteiger partial charge in [0.25, 0.3) is 0 Å². The quantitative estimate of drug-likeness (QED) is 0.633. The lowest BCUT2D eigenvalue weighted by molar-refractivity contribution is 0.647. The van der Waals surface area contributed by atoms with Crippen molar-refractivity contribution in [2.75, 3.05) is 0 Å². The highest BCUT2D eigenvalue weighted by Gasteiger charge is 2.17. The van der Waals surface area contributed by atoms with E-state index in [1.807, 2.05) is 18.2 Å². The van der Waals surface area contributed by atoms with Crippen LogP contribution in [0.4, 0.5) is 0 Å². The number of benzene rings is 1. The van der Waals surface area contributed by atoms with Crippen molar-refractivity contribution in [2.45, 2.75) is 30.5 Å². The molecule has 0 aliphatic heterocycles. The predicted octanol–water partition coefficient (Wildman–Crippen LogP) is 5.62. The van der Waals surface area contributed by atoms with Gasteiger partial charge in [-0.25, -0.2) is 0 Å². The zero-order valence-electron chi connectivity index (χ0n) is 9.18. The van der Waals surface area contributed by atoms with Crippen molar-refractivity contribution in [3.8, 4) is 0 Å². The molecule has 0 amide bonds. The number of rotatable bonds is 4. The number of halogens is 4. The van der Waals surface area contributed by atoms with Crippen LogP contribution in [0.15, 0.2) is 18.2 Å². The maximum Gasteiger partial charge on any atom is 0.128 e. The van der Waals surface area contributed by atoms with E-state index in [2.05, 4.69) is 13.8 Å². The lowest BCUT2D eigenvalue weighted by atomic mass is 10.0. The molecule has 0 radical (unpaired) electrons. The molecular formula is C12H14Cl4. The van der Waals surface area contributed by atoms with E-state index in [1.165, 1.54) is 0 Å². The average molecular weight is 300 g/mol. The Morgan fingerprint density at radius 2 is 1.75 bits per heavy atom. The van der Waals surface area contributed by atoms with Crippen molar-refractivity contribution in [1.82, 2.24) is 0 Å². The molecule has 0 heterocycles. The Labute approximate surface area is 117 Å². The van der Waals surface area contributed by atoms with E-state index < -0.39 is 10.2 Å². The van der Waals surface area contributed by atoms with Crippen LogP contribution in [0.3, 0.4) is 0 Å². The van der Waals surface area contributed by atoms with Crippen molar-refractivity contribution >= 4 is 46.4 Å². The molecule has 1 aromatic carbocycles. The lowest BCUT2D eigenvalue weighted by Gasteiger charge is -2.13. The van der Waals surface area contributed by atoms with Crippen molar-refractivity contribution in [3.05, 3.63) is 34.3 Å². The second-order valence-electron chi connectivity index (χ2n) is 4.19. The van der Waals surface area contributed by atoms with Crippen LogP contribution < -0.4 is 0 Å². The SMILES string of the molecule is CC(C)Cc1ccc(C(Cl)C(Cl)Cl)cc1Cl. The monoisotopic (exact) mass is 298 g/mol. The highest BCUT2D eigenvalue weighted by atomic mass is 35.5. The summed E-state index contributed by atoms with van der Waals surface area (Å²) in [5.74, 6) is 0.573. The molecular weight excluding hydrogens is 286 g/mol. The molecule has 1 rings (SSSR count). The van der Waals surface area contributed by atoms with Gasteiger partial charge in [-0.15, -0.1) is 34.8 Å². The van der Waals surface area contributed by atoms with Gasteiger partial charge in [0.2, 0.25) is 0 Å². The highest BCUT2D eigenvalue weighted by molar-refractivity contribution is 6.48. The summed E-state index contributed by atoms with van der Waals surface area (Å²) in [4.78, 5) is -0.631. The molecule has 0 N–H and O–H groups in total. The van der Waals surface area contributed by atoms with E-state index in [1.54, 1.807) is 0 Å². The summed E-state index contributed by atoms with van der Waals surface area (Å²) in [5.41, 5.74) is 1.99. The minimum Gasteiger partial charge on any atom is -0.115 e. The molecule has 0 saturated heterocycles. The second kappa shape index (κ2) is 6.35. The summed E-state index contributed by atoms with van der Waals surface area (Å²) in [5, 5.41) is 0.305. The summed E-state index contributed by atoms with van der Waals surface area (Å²) in [6.45, 7) is 4.31. The van der Waals surface area contributed by atoms with E-state index in [0.717, 1.165) is 22.6 Å². The van der Waals surface area contributed by atoms with Gasteiger partial charge in [0, 0.05) is 5.02 Å². The average Bonchev–Trinajstić information content (AvgIpc) is 2.19. The number of hydrogen-bond donors (Lipinski definition) is 0. The van der Waals surface area contributed by atoms with E-state index in [-0.39, 0.29) is 0 Å². The van der Waals surface area contributed by atoms with Gasteiger partial charge in [-0.3, -0.25) is 0 Å². The van der Waals surface area contributed by atoms with Crippen molar-refractivity contribution in [3.63, 3.8) is 0 Å². The minimum absolute atomic E-state index is 0.422. The minimum atomic E-state index is -0.631. The predicted molar refractivity (Wildman–Crippen MR) is 74.1 cm³/mol. The summed E-state index contributed by atoms with van der Waals surface area (Å²) < 4.78 is 0. The molecule has 4 heteroatoms. The van der Waals surface area contributed by atoms with E-state index in [0.29, 0.717) is 5.92 Å². The van der Waals surface area contributed by atoms with E-state index in [9.17, 15) is 0 Å². The molecule has 0 nitrogen and oxygen atoms in total. The topological polar surface area (TPSA) is 0 Å². The van der Waals surface area contributed by atoms with Crippen molar-refractivity contribution in [2.24, 2.45) is 5.92 Å². The highest BCUT2D eigenvalue weighted by Crippen LogP contribution is 2.33. The fraction of sp³-hybridized carbons (Fsp3) is 0.500. The summed E-state index contributed by atoms with van der Waals surface area (Å²) >= 11 is 23.7. The molecule has 0 fully saturated rings. The van der Waals surface area contributed by atoms with Crippen LogP contribution in [-0.2, 0) is 6.42 Å². The molecule has 0 aliphatic rings. The first kappa shape index (κ1) is 14.4. The summed E-state index contributed by atoms with van der Waals surface area (Å²) in [6, 6.07) is 5.76. The normalized spacial score (nSPS) is 13.5. The third kappa shape index (κ3) is 4.00. The van der Waals surface area contributed by atoms with Gasteiger partial charge in [-0.2, -0.15) is 0 Å². The first-order valence-electron chi connectivity index (χ1n) is 5.12. The summed E-state index contributed by atoms with van der Waals surface area (Å²) in [7, 11) is 0. The zero-order chi connectivity index (χ0) is 12.3. The molecule has 16 heavy (non-hydrogen) atoms. The van der Waals surface area contributed by atoms with Crippen molar-refractivity contribution in [1.29, 1.82) is 0 Å². The molecule has 0 spiro atoms. The van der Waals surface area contributed by atoms with Crippen molar-refractivity contribution < 1.29 is 0 Å². The van der Waals surface area contributed by atoms with Gasteiger partial charge in [-0.1, -0.05) is 37.6 Å². The Hall–Kier alpha value is 0.380. The van der Waals surface area contributed by atoms with Gasteiger partial charge < -0.3 is 0 Å². The molecule has 1 aromatic rings. The van der Waals surface area contributed by atoms with Gasteiger partial charge in [-0.05, 0) is 29.5 Å². The fourth-order valence-electron chi connectivity index (χ4n) is 1.49. The fourth-order valence-corrected chi connectivity index (χ4v) is 2.18. The maximum atomic E-state index is 6.18. The largest absolute Gasteiger partial charge is 0.128 e. The zero-order valence-corrected chi connectivity index (χ0v) is 12.2. The molecule has 0 bridgehead atoms. The first-order valence-corrected chi connectivity index (χ1v) is 6.81. The third-order valence-corrected chi connectivity index (χ3v) is 3.86. The Kier molecular flexibility index (Phi) is 5.73. The second-order valence-corrected chi connectivity index (χ2v) is 6.23. The first-order chi connectivity index (χ1) is 7.41. The Bertz CT molecular complexity index is 347. The molecule has 0 aliphatic carbocycles. The molecule has 1 atom stereocenters. The Balaban J connectivity index is 2.90. The van der Waals surface area contributed by atoms with Gasteiger partial charge >= 0.3 is 0 Å². The maximum absolute atomic E-state index is 6.18. The van der Waals surface area contributed by atoms with Crippen LogP contribution >= 0.6 is 46.4 Å². The van der Waals surface area contributed by atoms with Crippen LogP contribution in [-0.4, -0.2) is 4.84 Å². The van der Waals surface area contributed by atoms with Gasteiger partial charge in [0.1, 0.15) is 4.84 Å². The van der Waals surface area contributed by atoms with Crippen LogP contribution in [0.2, 0.25) is 5.02 Å². The summed E-state index contributed by atoms with van der Waals surface area (Å²) in [6.07, 6.45) is 0.956. The third-order valence-electron chi connectivity index (χ3n) is 2.24. The molecule has 0 saturated carbocycles. The lowest BCUT2D eigenvalue weighted by Crippen LogP contribution is -2.01. The van der Waals surface area contributed by atoms with Crippen LogP contribution in [0, 0.1) is 5.92 Å². The van der Waals surface area contributed by atoms with Crippen LogP contribution in [0.1, 0.15) is 30.4 Å². The van der Waals surface area contributed by atoms with Gasteiger partial charge in [0.05, 0.1) is 5.38 Å². The molecule has 1 unspecified atom stereocenters. The standard InChI is InChI=1S/C12H14Cl4/c1-7(2)5-8-3-4-9(6-10(8)13)11(14)12(15)16/h3-4,6-7,11-12H,5H2,1-2H3. The molecule has 90 valence electrons. The Morgan fingerprint density at radius 1 is 1.12 bits per heavy atom. The smallest absolute Gasteiger partial charge is 0.115 e. The van der Waals surface area contributed by atoms with Crippen LogP contribution in [0.5, 0.6) is 0 Å². The van der Waals surface area contributed by atoms with E-state index in [4.69, 9.17) is 46.4 Å². The van der Waals surface area contributed by atoms with E-state index >= 15 is 0 Å². The number of alkyl halides is 3.